The van der Waals surface area contributed by atoms with Crippen LogP contribution in [0.3, 0.4) is 0 Å². The molecule has 0 bridgehead atoms. The predicted octanol–water partition coefficient (Wildman–Crippen LogP) is 2.94. The summed E-state index contributed by atoms with van der Waals surface area (Å²) in [5, 5.41) is 0. The van der Waals surface area contributed by atoms with Gasteiger partial charge in [0.15, 0.2) is 0 Å². The van der Waals surface area contributed by atoms with Gasteiger partial charge in [0.25, 0.3) is 10.0 Å². The Morgan fingerprint density at radius 2 is 1.95 bits per heavy atom. The van der Waals surface area contributed by atoms with Crippen LogP contribution in [0.5, 0.6) is 0 Å². The van der Waals surface area contributed by atoms with E-state index >= 15 is 0 Å². The van der Waals surface area contributed by atoms with Crippen LogP contribution in [0.1, 0.15) is 25.3 Å². The van der Waals surface area contributed by atoms with Crippen molar-refractivity contribution in [2.24, 2.45) is 0 Å². The summed E-state index contributed by atoms with van der Waals surface area (Å²) in [4.78, 5) is 0.227. The molecule has 0 saturated heterocycles. The number of benzene rings is 1. The van der Waals surface area contributed by atoms with E-state index in [0.29, 0.717) is 18.4 Å². The number of rotatable bonds is 5. The third-order valence-electron chi connectivity index (χ3n) is 2.69. The molecule has 110 valence electrons. The zero-order valence-corrected chi connectivity index (χ0v) is 13.2. The van der Waals surface area contributed by atoms with Crippen molar-refractivity contribution in [2.75, 3.05) is 6.54 Å². The van der Waals surface area contributed by atoms with Crippen LogP contribution in [0.25, 0.3) is 0 Å². The van der Waals surface area contributed by atoms with E-state index < -0.39 is 10.0 Å². The summed E-state index contributed by atoms with van der Waals surface area (Å²) in [5.74, 6) is 5.21. The quantitative estimate of drug-likeness (QED) is 0.476. The lowest BCUT2D eigenvalue weighted by Gasteiger charge is -2.17. The van der Waals surface area contributed by atoms with E-state index in [0.717, 1.165) is 9.87 Å². The molecule has 0 heterocycles. The monoisotopic (exact) mass is 301 g/mol. The standard InChI is InChI=1S/C17H19NO2S/c1-5-6-7-13-18(14-12-15(2)3)21(19,20)17-10-8-16(4)9-11-17/h1,8-11H,2,6-7,13H2,3-4H3. The van der Waals surface area contributed by atoms with Crippen LogP contribution in [-0.4, -0.2) is 19.3 Å². The molecule has 0 fully saturated rings. The van der Waals surface area contributed by atoms with Crippen LogP contribution in [0.4, 0.5) is 0 Å². The number of hydrogen-bond acceptors (Lipinski definition) is 2. The van der Waals surface area contributed by atoms with E-state index in [1.807, 2.05) is 6.92 Å². The molecule has 0 unspecified atom stereocenters. The van der Waals surface area contributed by atoms with Crippen molar-refractivity contribution in [1.82, 2.24) is 4.31 Å². The second kappa shape index (κ2) is 7.57. The lowest BCUT2D eigenvalue weighted by Crippen LogP contribution is -2.27. The maximum atomic E-state index is 12.6. The number of nitrogens with zero attached hydrogens (tertiary/aromatic N) is 1. The van der Waals surface area contributed by atoms with Gasteiger partial charge in [0.1, 0.15) is 0 Å². The second-order valence-corrected chi connectivity index (χ2v) is 6.58. The maximum Gasteiger partial charge on any atom is 0.270 e. The molecule has 0 aliphatic rings. The average molecular weight is 301 g/mol. The van der Waals surface area contributed by atoms with Crippen molar-refractivity contribution < 1.29 is 8.42 Å². The Labute approximate surface area is 127 Å². The lowest BCUT2D eigenvalue weighted by atomic mass is 10.2. The Morgan fingerprint density at radius 3 is 2.48 bits per heavy atom. The minimum Gasteiger partial charge on any atom is -0.224 e. The summed E-state index contributed by atoms with van der Waals surface area (Å²) in [6, 6.07) is 9.35. The summed E-state index contributed by atoms with van der Waals surface area (Å²) < 4.78 is 26.3. The van der Waals surface area contributed by atoms with Crippen molar-refractivity contribution >= 4 is 10.0 Å². The molecule has 1 aromatic rings. The van der Waals surface area contributed by atoms with Crippen LogP contribution in [0.2, 0.25) is 0 Å². The number of aryl methyl sites for hydroxylation is 1. The highest BCUT2D eigenvalue weighted by atomic mass is 32.2. The smallest absolute Gasteiger partial charge is 0.224 e. The third kappa shape index (κ3) is 5.02. The molecule has 0 aliphatic carbocycles. The van der Waals surface area contributed by atoms with Crippen molar-refractivity contribution in [3.63, 3.8) is 0 Å². The SMILES string of the molecule is C#CCCCN(C#CC(=C)C)S(=O)(=O)c1ccc(C)cc1. The molecule has 0 amide bonds. The fourth-order valence-electron chi connectivity index (χ4n) is 1.56. The van der Waals surface area contributed by atoms with Gasteiger partial charge in [-0.25, -0.2) is 12.7 Å². The molecule has 0 aromatic heterocycles. The number of allylic oxidation sites excluding steroid dienone is 1. The molecule has 0 N–H and O–H groups in total. The van der Waals surface area contributed by atoms with Crippen LogP contribution in [-0.2, 0) is 10.0 Å². The number of sulfonamides is 1. The fourth-order valence-corrected chi connectivity index (χ4v) is 2.83. The Hall–Kier alpha value is -2.17. The summed E-state index contributed by atoms with van der Waals surface area (Å²) in [5.41, 5.74) is 1.61. The van der Waals surface area contributed by atoms with E-state index in [2.05, 4.69) is 24.5 Å². The molecule has 1 aromatic carbocycles. The minimum atomic E-state index is -3.64. The first-order chi connectivity index (χ1) is 9.87. The van der Waals surface area contributed by atoms with Crippen molar-refractivity contribution in [3.8, 4) is 24.3 Å². The molecular weight excluding hydrogens is 282 g/mol. The Balaban J connectivity index is 3.11. The first-order valence-electron chi connectivity index (χ1n) is 6.58. The van der Waals surface area contributed by atoms with Gasteiger partial charge >= 0.3 is 0 Å². The third-order valence-corrected chi connectivity index (χ3v) is 4.41. The average Bonchev–Trinajstić information content (AvgIpc) is 2.42. The van der Waals surface area contributed by atoms with Crippen molar-refractivity contribution in [1.29, 1.82) is 0 Å². The summed E-state index contributed by atoms with van der Waals surface area (Å²) >= 11 is 0. The second-order valence-electron chi connectivity index (χ2n) is 4.72. The van der Waals surface area contributed by atoms with Crippen molar-refractivity contribution in [3.05, 3.63) is 42.0 Å². The van der Waals surface area contributed by atoms with E-state index in [1.54, 1.807) is 31.2 Å². The molecule has 0 saturated carbocycles. The van der Waals surface area contributed by atoms with Gasteiger partial charge in [-0.1, -0.05) is 24.3 Å². The van der Waals surface area contributed by atoms with Gasteiger partial charge in [-0.3, -0.25) is 0 Å². The predicted molar refractivity (Wildman–Crippen MR) is 85.7 cm³/mol. The van der Waals surface area contributed by atoms with Crippen LogP contribution < -0.4 is 0 Å². The van der Waals surface area contributed by atoms with Gasteiger partial charge in [0.2, 0.25) is 0 Å². The van der Waals surface area contributed by atoms with Gasteiger partial charge in [-0.2, -0.15) is 0 Å². The molecule has 1 rings (SSSR count). The van der Waals surface area contributed by atoms with E-state index in [-0.39, 0.29) is 11.4 Å². The van der Waals surface area contributed by atoms with Gasteiger partial charge in [0.05, 0.1) is 4.90 Å². The van der Waals surface area contributed by atoms with E-state index in [1.165, 1.54) is 0 Å². The van der Waals surface area contributed by atoms with Gasteiger partial charge in [0, 0.05) is 19.0 Å². The molecular formula is C17H19NO2S. The normalized spacial score (nSPS) is 10.1. The first kappa shape index (κ1) is 16.9. The van der Waals surface area contributed by atoms with E-state index in [9.17, 15) is 8.42 Å². The molecule has 0 atom stereocenters. The largest absolute Gasteiger partial charge is 0.270 e. The number of terminal acetylenes is 1. The number of unbranched alkanes of at least 4 members (excludes halogenated alkanes) is 1. The highest BCUT2D eigenvalue weighted by Crippen LogP contribution is 2.16. The highest BCUT2D eigenvalue weighted by molar-refractivity contribution is 7.89. The highest BCUT2D eigenvalue weighted by Gasteiger charge is 2.21. The van der Waals surface area contributed by atoms with Crippen molar-refractivity contribution in [2.45, 2.75) is 31.6 Å². The minimum absolute atomic E-state index is 0.227. The van der Waals surface area contributed by atoms with Crippen LogP contribution in [0.15, 0.2) is 41.3 Å². The molecule has 3 nitrogen and oxygen atoms in total. The zero-order chi connectivity index (χ0) is 15.9. The molecule has 0 aliphatic heterocycles. The maximum absolute atomic E-state index is 12.6. The summed E-state index contributed by atoms with van der Waals surface area (Å²) in [6.45, 7) is 7.56. The molecule has 0 radical (unpaired) electrons. The van der Waals surface area contributed by atoms with E-state index in [4.69, 9.17) is 6.42 Å². The fraction of sp³-hybridized carbons (Fsp3) is 0.294. The van der Waals surface area contributed by atoms with Crippen LogP contribution in [0, 0.1) is 31.2 Å². The Kier molecular flexibility index (Phi) is 6.09. The topological polar surface area (TPSA) is 37.4 Å². The number of hydrogen-bond donors (Lipinski definition) is 0. The van der Waals surface area contributed by atoms with Crippen LogP contribution >= 0.6 is 0 Å². The Morgan fingerprint density at radius 1 is 1.33 bits per heavy atom. The molecule has 0 spiro atoms. The lowest BCUT2D eigenvalue weighted by molar-refractivity contribution is 0.504. The van der Waals surface area contributed by atoms with Gasteiger partial charge < -0.3 is 0 Å². The summed E-state index contributed by atoms with van der Waals surface area (Å²) in [6.07, 6.45) is 6.28. The molecule has 4 heteroatoms. The molecule has 21 heavy (non-hydrogen) atoms. The zero-order valence-electron chi connectivity index (χ0n) is 12.4. The summed E-state index contributed by atoms with van der Waals surface area (Å²) in [7, 11) is -3.64. The first-order valence-corrected chi connectivity index (χ1v) is 8.02. The van der Waals surface area contributed by atoms with Gasteiger partial charge in [-0.15, -0.1) is 12.3 Å². The van der Waals surface area contributed by atoms with Gasteiger partial charge in [-0.05, 0) is 43.9 Å². The Bertz CT molecular complexity index is 698.